The maximum atomic E-state index is 14.2. The first kappa shape index (κ1) is 39.6. The van der Waals surface area contributed by atoms with Gasteiger partial charge in [0.2, 0.25) is 0 Å². The molecule has 0 bridgehead atoms. The zero-order valence-corrected chi connectivity index (χ0v) is 26.7. The summed E-state index contributed by atoms with van der Waals surface area (Å²) in [6.07, 6.45) is -15.6. The summed E-state index contributed by atoms with van der Waals surface area (Å²) >= 11 is 0. The van der Waals surface area contributed by atoms with Gasteiger partial charge in [-0.05, 0) is 71.3 Å². The summed E-state index contributed by atoms with van der Waals surface area (Å²) in [6, 6.07) is 12.8. The second-order valence-corrected chi connectivity index (χ2v) is 10.7. The van der Waals surface area contributed by atoms with Crippen LogP contribution in [0.4, 0.5) is 52.7 Å². The molecule has 0 saturated carbocycles. The largest absolute Gasteiger partial charge is 1.00 e. The molecule has 0 spiro atoms. The van der Waals surface area contributed by atoms with Crippen molar-refractivity contribution < 1.29 is 69.8 Å². The second kappa shape index (κ2) is 14.8. The molecule has 3 aromatic carbocycles. The van der Waals surface area contributed by atoms with Crippen LogP contribution >= 0.6 is 0 Å². The van der Waals surface area contributed by atoms with Crippen LogP contribution < -0.4 is 0 Å². The Balaban J connectivity index is 0.00000198. The number of aromatic nitrogens is 6. The van der Waals surface area contributed by atoms with Gasteiger partial charge in [-0.1, -0.05) is 36.4 Å². The van der Waals surface area contributed by atoms with Crippen LogP contribution in [0.1, 0.15) is 17.1 Å². The number of rotatable bonds is 6. The standard InChI is InChI=1S/C30H16BF12N6.C2H4.Cu/c32-19-7-1-16(2-8-19)22-13-25(28(35,36)37)44-47(22)31(48-23(14-26(45-48)29(38,39)40)17-3-9-20(33)10-4-17)49-24(15-27(46-49)30(41,42)43)18-5-11-21(34)12-6-18;1-2;/h1-15,31H;1-2H2;/q-1;;+1. The molecule has 0 fully saturated rings. The molecule has 6 rings (SSSR count). The van der Waals surface area contributed by atoms with Gasteiger partial charge in [-0.3, -0.25) is 0 Å². The molecule has 0 aliphatic heterocycles. The van der Waals surface area contributed by atoms with E-state index in [1.165, 1.54) is 0 Å². The molecular formula is C32H20BCuF12N6. The average Bonchev–Trinajstić information content (AvgIpc) is 3.82. The first-order valence-corrected chi connectivity index (χ1v) is 14.4. The van der Waals surface area contributed by atoms with Gasteiger partial charge >= 0.3 is 42.7 Å². The van der Waals surface area contributed by atoms with Gasteiger partial charge in [0, 0.05) is 17.1 Å². The molecule has 6 nitrogen and oxygen atoms in total. The van der Waals surface area contributed by atoms with Crippen molar-refractivity contribution in [3.05, 3.63) is 139 Å². The molecule has 0 unspecified atom stereocenters. The van der Waals surface area contributed by atoms with Crippen LogP contribution in [0.3, 0.4) is 0 Å². The van der Waals surface area contributed by atoms with E-state index in [9.17, 15) is 52.7 Å². The maximum absolute atomic E-state index is 14.2. The predicted octanol–water partition coefficient (Wildman–Crippen LogP) is 9.21. The summed E-state index contributed by atoms with van der Waals surface area (Å²) in [4.78, 5) is 0. The Morgan fingerprint density at radius 3 is 0.827 bits per heavy atom. The second-order valence-electron chi connectivity index (χ2n) is 10.7. The molecule has 3 aromatic heterocycles. The topological polar surface area (TPSA) is 53.5 Å². The summed E-state index contributed by atoms with van der Waals surface area (Å²) in [6.45, 7) is 6.00. The predicted molar refractivity (Wildman–Crippen MR) is 162 cm³/mol. The van der Waals surface area contributed by atoms with Gasteiger partial charge in [0.1, 0.15) is 17.5 Å². The van der Waals surface area contributed by atoms with E-state index in [1.54, 1.807) is 0 Å². The Hall–Kier alpha value is -5.23. The Labute approximate surface area is 296 Å². The van der Waals surface area contributed by atoms with Crippen molar-refractivity contribution in [1.82, 2.24) is 29.1 Å². The molecule has 52 heavy (non-hydrogen) atoms. The molecule has 0 aliphatic carbocycles. The summed E-state index contributed by atoms with van der Waals surface area (Å²) in [5.41, 5.74) is -6.88. The van der Waals surface area contributed by atoms with Crippen molar-refractivity contribution in [2.24, 2.45) is 0 Å². The summed E-state index contributed by atoms with van der Waals surface area (Å²) in [5, 5.41) is 10.8. The number of nitrogens with zero attached hydrogens (tertiary/aromatic N) is 6. The monoisotopic (exact) mass is 790 g/mol. The Kier molecular flexibility index (Phi) is 11.2. The molecule has 0 radical (unpaired) electrons. The SMILES string of the molecule is C=C.Fc1ccc(-c2cc(C(F)(F)F)nn2[BH-](n2nc(C(F)(F)F)cc2-c2ccc(F)cc2)n2nc(C(F)(F)F)cc2-c2ccc(F)cc2)cc1.[Cu+]. The van der Waals surface area contributed by atoms with E-state index < -0.39 is 77.3 Å². The van der Waals surface area contributed by atoms with Crippen molar-refractivity contribution in [3.63, 3.8) is 0 Å². The summed E-state index contributed by atoms with van der Waals surface area (Å²) in [7, 11) is -3.63. The number of benzene rings is 3. The zero-order chi connectivity index (χ0) is 37.5. The van der Waals surface area contributed by atoms with E-state index in [4.69, 9.17) is 0 Å². The number of halogens is 12. The molecular weight excluding hydrogens is 771 g/mol. The smallest absolute Gasteiger partial charge is 0.396 e. The molecule has 0 amide bonds. The fourth-order valence-electron chi connectivity index (χ4n) is 5.25. The van der Waals surface area contributed by atoms with Crippen LogP contribution in [-0.4, -0.2) is 36.2 Å². The third kappa shape index (κ3) is 8.12. The van der Waals surface area contributed by atoms with Crippen molar-refractivity contribution in [3.8, 4) is 33.8 Å². The third-order valence-corrected chi connectivity index (χ3v) is 7.43. The molecule has 0 atom stereocenters. The average molecular weight is 791 g/mol. The molecule has 20 heteroatoms. The minimum atomic E-state index is -5.19. The van der Waals surface area contributed by atoms with Crippen LogP contribution in [0.15, 0.2) is 104 Å². The van der Waals surface area contributed by atoms with E-state index in [1.807, 2.05) is 0 Å². The van der Waals surface area contributed by atoms with Crippen LogP contribution in [0.2, 0.25) is 0 Å². The van der Waals surface area contributed by atoms with Gasteiger partial charge in [0.05, 0.1) is 0 Å². The van der Waals surface area contributed by atoms with Crippen LogP contribution in [0, 0.1) is 17.5 Å². The summed E-state index contributed by atoms with van der Waals surface area (Å²) < 4.78 is 171. The van der Waals surface area contributed by atoms with E-state index >= 15 is 0 Å². The minimum absolute atomic E-state index is 0. The van der Waals surface area contributed by atoms with Gasteiger partial charge < -0.3 is 13.8 Å². The van der Waals surface area contributed by atoms with Gasteiger partial charge in [-0.15, -0.1) is 13.2 Å². The number of alkyl halides is 9. The van der Waals surface area contributed by atoms with E-state index in [-0.39, 0.29) is 33.8 Å². The first-order valence-electron chi connectivity index (χ1n) is 14.4. The van der Waals surface area contributed by atoms with Crippen molar-refractivity contribution >= 4 is 7.12 Å². The molecule has 0 saturated heterocycles. The van der Waals surface area contributed by atoms with E-state index in [0.717, 1.165) is 72.8 Å². The number of hydrogen-bond donors (Lipinski definition) is 0. The van der Waals surface area contributed by atoms with Gasteiger partial charge in [-0.25, -0.2) is 28.5 Å². The molecule has 0 N–H and O–H groups in total. The van der Waals surface area contributed by atoms with Gasteiger partial charge in [-0.2, -0.15) is 39.5 Å². The first-order chi connectivity index (χ1) is 23.9. The Morgan fingerprint density at radius 2 is 0.635 bits per heavy atom. The van der Waals surface area contributed by atoms with Crippen LogP contribution in [0.25, 0.3) is 33.8 Å². The number of hydrogen-bond acceptors (Lipinski definition) is 3. The molecule has 276 valence electrons. The van der Waals surface area contributed by atoms with E-state index in [0.29, 0.717) is 32.0 Å². The fraction of sp³-hybridized carbons (Fsp3) is 0.0938. The fourth-order valence-corrected chi connectivity index (χ4v) is 5.25. The van der Waals surface area contributed by atoms with Crippen LogP contribution in [-0.2, 0) is 35.6 Å². The van der Waals surface area contributed by atoms with Crippen LogP contribution in [0.5, 0.6) is 0 Å². The Morgan fingerprint density at radius 1 is 0.423 bits per heavy atom. The quantitative estimate of drug-likeness (QED) is 0.0961. The maximum Gasteiger partial charge on any atom is 1.00 e. The van der Waals surface area contributed by atoms with Crippen molar-refractivity contribution in [2.75, 3.05) is 0 Å². The summed E-state index contributed by atoms with van der Waals surface area (Å²) in [5.74, 6) is -2.43. The minimum Gasteiger partial charge on any atom is -0.396 e. The normalized spacial score (nSPS) is 12.0. The van der Waals surface area contributed by atoms with Gasteiger partial charge in [0.15, 0.2) is 17.1 Å². The van der Waals surface area contributed by atoms with E-state index in [2.05, 4.69) is 28.5 Å². The molecule has 0 aliphatic rings. The third-order valence-electron chi connectivity index (χ3n) is 7.43. The zero-order valence-electron chi connectivity index (χ0n) is 25.8. The molecule has 3 heterocycles. The van der Waals surface area contributed by atoms with Crippen molar-refractivity contribution in [1.29, 1.82) is 0 Å². The molecule has 6 aromatic rings. The van der Waals surface area contributed by atoms with Gasteiger partial charge in [0.25, 0.3) is 0 Å². The van der Waals surface area contributed by atoms with Crippen molar-refractivity contribution in [2.45, 2.75) is 18.5 Å². The Bertz CT molecular complexity index is 1890.